The average molecular weight is 162 g/mol. The molecule has 0 aromatic rings. The Morgan fingerprint density at radius 1 is 1.36 bits per heavy atom. The molecule has 0 aromatic heterocycles. The molecule has 0 heterocycles. The minimum atomic E-state index is -0.449. The lowest BCUT2D eigenvalue weighted by atomic mass is 10.6. The number of carbonyl (C=O) groups excluding carboxylic acids is 1. The van der Waals surface area contributed by atoms with E-state index in [0.29, 0.717) is 6.54 Å². The van der Waals surface area contributed by atoms with Crippen molar-refractivity contribution in [2.24, 2.45) is 0 Å². The summed E-state index contributed by atoms with van der Waals surface area (Å²) in [5, 5.41) is 2.42. The molecule has 0 bridgehead atoms. The quantitative estimate of drug-likeness (QED) is 0.601. The van der Waals surface area contributed by atoms with E-state index in [-0.39, 0.29) is 0 Å². The van der Waals surface area contributed by atoms with Crippen LogP contribution in [0.5, 0.6) is 0 Å². The second kappa shape index (κ2) is 12.0. The first-order valence-electron chi connectivity index (χ1n) is 3.84. The zero-order valence-corrected chi connectivity index (χ0v) is 7.73. The van der Waals surface area contributed by atoms with Crippen LogP contribution in [0.3, 0.4) is 0 Å². The van der Waals surface area contributed by atoms with Crippen molar-refractivity contribution in [1.82, 2.24) is 10.8 Å². The Hall–Kier alpha value is -0.770. The number of hydrogen-bond acceptors (Lipinski definition) is 3. The third-order valence-electron chi connectivity index (χ3n) is 0.516. The Kier molecular flexibility index (Phi) is 14.0. The smallest absolute Gasteiger partial charge is 0.354 e. The summed E-state index contributed by atoms with van der Waals surface area (Å²) in [5.74, 6) is 0. The minimum absolute atomic E-state index is 0.449. The van der Waals surface area contributed by atoms with E-state index < -0.39 is 6.09 Å². The first kappa shape index (κ1) is 12.9. The molecule has 0 saturated carbocycles. The Bertz CT molecular complexity index is 78.5. The largest absolute Gasteiger partial charge is 0.426 e. The summed E-state index contributed by atoms with van der Waals surface area (Å²) < 4.78 is 0. The van der Waals surface area contributed by atoms with Gasteiger partial charge in [0.2, 0.25) is 0 Å². The maximum Gasteiger partial charge on any atom is 0.426 e. The highest BCUT2D eigenvalue weighted by molar-refractivity contribution is 5.66. The van der Waals surface area contributed by atoms with Gasteiger partial charge in [-0.25, -0.2) is 4.79 Å². The van der Waals surface area contributed by atoms with Crippen molar-refractivity contribution in [3.05, 3.63) is 0 Å². The summed E-state index contributed by atoms with van der Waals surface area (Å²) in [5.41, 5.74) is 2.24. The van der Waals surface area contributed by atoms with E-state index in [9.17, 15) is 4.79 Å². The average Bonchev–Trinajstić information content (AvgIpc) is 1.90. The van der Waals surface area contributed by atoms with Gasteiger partial charge in [0.25, 0.3) is 0 Å². The lowest BCUT2D eigenvalue weighted by molar-refractivity contribution is 0.103. The van der Waals surface area contributed by atoms with E-state index >= 15 is 0 Å². The maximum atomic E-state index is 10.2. The molecule has 0 aliphatic carbocycles. The molecule has 0 rings (SSSR count). The minimum Gasteiger partial charge on any atom is -0.354 e. The van der Waals surface area contributed by atoms with E-state index in [1.54, 1.807) is 0 Å². The van der Waals surface area contributed by atoms with Gasteiger partial charge in [-0.05, 0) is 6.92 Å². The Morgan fingerprint density at radius 2 is 1.82 bits per heavy atom. The van der Waals surface area contributed by atoms with Gasteiger partial charge in [-0.15, -0.1) is 0 Å². The predicted molar refractivity (Wildman–Crippen MR) is 45.2 cm³/mol. The van der Waals surface area contributed by atoms with Crippen LogP contribution in [0.25, 0.3) is 0 Å². The summed E-state index contributed by atoms with van der Waals surface area (Å²) in [4.78, 5) is 14.5. The summed E-state index contributed by atoms with van der Waals surface area (Å²) in [6.07, 6.45) is 0.801. The molecule has 0 aliphatic heterocycles. The Balaban J connectivity index is 0. The van der Waals surface area contributed by atoms with Crippen molar-refractivity contribution < 1.29 is 9.63 Å². The number of hydroxylamine groups is 1. The van der Waals surface area contributed by atoms with Crippen LogP contribution in [0.4, 0.5) is 4.79 Å². The Labute approximate surface area is 68.3 Å². The van der Waals surface area contributed by atoms with E-state index in [2.05, 4.69) is 29.5 Å². The summed E-state index contributed by atoms with van der Waals surface area (Å²) in [7, 11) is 1.52. The van der Waals surface area contributed by atoms with Gasteiger partial charge in [0.15, 0.2) is 0 Å². The van der Waals surface area contributed by atoms with Gasteiger partial charge in [0.1, 0.15) is 0 Å². The van der Waals surface area contributed by atoms with Crippen molar-refractivity contribution in [3.63, 3.8) is 0 Å². The van der Waals surface area contributed by atoms with Gasteiger partial charge in [-0.3, -0.25) is 0 Å². The molecule has 0 saturated heterocycles. The molecule has 0 aliphatic rings. The molecule has 0 spiro atoms. The molecule has 11 heavy (non-hydrogen) atoms. The normalized spacial score (nSPS) is 7.64. The van der Waals surface area contributed by atoms with Crippen LogP contribution >= 0.6 is 0 Å². The van der Waals surface area contributed by atoms with Gasteiger partial charge in [-0.2, -0.15) is 5.48 Å². The second-order valence-corrected chi connectivity index (χ2v) is 1.83. The number of nitrogens with one attached hydrogen (secondary N) is 2. The van der Waals surface area contributed by atoms with Crippen molar-refractivity contribution in [2.75, 3.05) is 13.6 Å². The Morgan fingerprint density at radius 3 is 2.09 bits per heavy atom. The highest BCUT2D eigenvalue weighted by Gasteiger charge is 1.93. The zero-order chi connectivity index (χ0) is 9.11. The van der Waals surface area contributed by atoms with Crippen LogP contribution in [-0.2, 0) is 4.84 Å². The monoisotopic (exact) mass is 162 g/mol. The lowest BCUT2D eigenvalue weighted by Gasteiger charge is -1.99. The third-order valence-corrected chi connectivity index (χ3v) is 0.516. The van der Waals surface area contributed by atoms with Crippen LogP contribution in [-0.4, -0.2) is 19.7 Å². The number of rotatable bonds is 2. The van der Waals surface area contributed by atoms with Crippen molar-refractivity contribution in [2.45, 2.75) is 27.2 Å². The fraction of sp³-hybridized carbons (Fsp3) is 0.857. The van der Waals surface area contributed by atoms with E-state index in [1.807, 2.05) is 6.92 Å². The van der Waals surface area contributed by atoms with E-state index in [0.717, 1.165) is 0 Å². The molecule has 4 nitrogen and oxygen atoms in total. The predicted octanol–water partition coefficient (Wildman–Crippen LogP) is 1.28. The molecule has 1 amide bonds. The van der Waals surface area contributed by atoms with E-state index in [4.69, 9.17) is 0 Å². The maximum absolute atomic E-state index is 10.2. The first-order chi connectivity index (χ1) is 5.22. The van der Waals surface area contributed by atoms with Crippen molar-refractivity contribution in [3.8, 4) is 0 Å². The highest BCUT2D eigenvalue weighted by Crippen LogP contribution is 1.66. The first-order valence-corrected chi connectivity index (χ1v) is 3.84. The molecule has 0 atom stereocenters. The number of amides is 1. The molecular formula is C7H18N2O2. The van der Waals surface area contributed by atoms with Gasteiger partial charge < -0.3 is 10.2 Å². The summed E-state index contributed by atoms with van der Waals surface area (Å²) in [6.45, 7) is 6.65. The molecule has 0 fully saturated rings. The molecule has 68 valence electrons. The lowest BCUT2D eigenvalue weighted by Crippen LogP contribution is -2.27. The molecule has 0 unspecified atom stereocenters. The van der Waals surface area contributed by atoms with Crippen LogP contribution in [0.2, 0.25) is 0 Å². The molecule has 4 heteroatoms. The third kappa shape index (κ3) is 17.6. The van der Waals surface area contributed by atoms with Gasteiger partial charge in [0, 0.05) is 13.6 Å². The van der Waals surface area contributed by atoms with Crippen LogP contribution in [0, 0.1) is 0 Å². The molecule has 2 N–H and O–H groups in total. The molecule has 0 radical (unpaired) electrons. The fourth-order valence-corrected chi connectivity index (χ4v) is 0.273. The SMILES string of the molecule is CCC.CCNC(=O)ONC. The van der Waals surface area contributed by atoms with Crippen molar-refractivity contribution >= 4 is 6.09 Å². The summed E-state index contributed by atoms with van der Waals surface area (Å²) in [6, 6.07) is 0. The van der Waals surface area contributed by atoms with Gasteiger partial charge in [-0.1, -0.05) is 20.3 Å². The van der Waals surface area contributed by atoms with Gasteiger partial charge in [0.05, 0.1) is 0 Å². The standard InChI is InChI=1S/C4H10N2O2.C3H8/c1-3-6-4(7)8-5-2;1-3-2/h5H,3H2,1-2H3,(H,6,7);3H2,1-2H3. The van der Waals surface area contributed by atoms with Crippen LogP contribution < -0.4 is 10.8 Å². The van der Waals surface area contributed by atoms with Crippen molar-refractivity contribution in [1.29, 1.82) is 0 Å². The topological polar surface area (TPSA) is 50.4 Å². The molecule has 0 aromatic carbocycles. The fourth-order valence-electron chi connectivity index (χ4n) is 0.273. The van der Waals surface area contributed by atoms with Crippen LogP contribution in [0.1, 0.15) is 27.2 Å². The number of hydrogen-bond donors (Lipinski definition) is 2. The van der Waals surface area contributed by atoms with Gasteiger partial charge >= 0.3 is 6.09 Å². The summed E-state index contributed by atoms with van der Waals surface area (Å²) >= 11 is 0. The highest BCUT2D eigenvalue weighted by atomic mass is 16.7. The zero-order valence-electron chi connectivity index (χ0n) is 7.73. The van der Waals surface area contributed by atoms with Crippen LogP contribution in [0.15, 0.2) is 0 Å². The number of carbonyl (C=O) groups is 1. The second-order valence-electron chi connectivity index (χ2n) is 1.83. The molecular weight excluding hydrogens is 144 g/mol. The van der Waals surface area contributed by atoms with E-state index in [1.165, 1.54) is 13.5 Å².